The molecule has 5 rings (SSSR count). The van der Waals surface area contributed by atoms with Crippen LogP contribution < -0.4 is 10.6 Å². The van der Waals surface area contributed by atoms with Crippen LogP contribution in [0.3, 0.4) is 0 Å². The first-order valence-corrected chi connectivity index (χ1v) is 18.7. The summed E-state index contributed by atoms with van der Waals surface area (Å²) in [6.07, 6.45) is 5.86. The van der Waals surface area contributed by atoms with E-state index in [1.807, 2.05) is 24.3 Å². The minimum Gasteiger partial charge on any atom is -0.458 e. The number of carbonyl (C=O) groups excluding carboxylic acids is 4. The molecule has 1 aliphatic carbocycles. The molecule has 4 N–H and O–H groups in total. The third-order valence-corrected chi connectivity index (χ3v) is 10.6. The van der Waals surface area contributed by atoms with Crippen molar-refractivity contribution >= 4 is 29.8 Å². The van der Waals surface area contributed by atoms with Gasteiger partial charge in [0.05, 0.1) is 19.3 Å². The summed E-state index contributed by atoms with van der Waals surface area (Å²) in [5.74, 6) is -3.04. The predicted molar refractivity (Wildman–Crippen MR) is 190 cm³/mol. The minimum absolute atomic E-state index is 0.0623. The molecule has 0 aromatic heterocycles. The van der Waals surface area contributed by atoms with Crippen molar-refractivity contribution in [2.45, 2.75) is 133 Å². The average molecular weight is 729 g/mol. The Bertz CT molecular complexity index is 1440. The quantitative estimate of drug-likeness (QED) is 0.0991. The van der Waals surface area contributed by atoms with Gasteiger partial charge in [0.2, 0.25) is 17.7 Å². The lowest BCUT2D eigenvalue weighted by Crippen LogP contribution is -2.71. The molecule has 0 radical (unpaired) electrons. The molecule has 8 atom stereocenters. The number of esters is 1. The number of fused-ring (bicyclic) bond motifs is 4. The van der Waals surface area contributed by atoms with Crippen molar-refractivity contribution in [3.05, 3.63) is 41.5 Å². The number of aliphatic hydroxyl groups excluding tert-OH is 2. The van der Waals surface area contributed by atoms with Crippen molar-refractivity contribution in [1.82, 2.24) is 20.6 Å². The molecule has 52 heavy (non-hydrogen) atoms. The van der Waals surface area contributed by atoms with E-state index in [9.17, 15) is 29.4 Å². The van der Waals surface area contributed by atoms with Gasteiger partial charge in [-0.15, -0.1) is 0 Å². The van der Waals surface area contributed by atoms with Crippen molar-refractivity contribution in [2.24, 2.45) is 5.41 Å². The van der Waals surface area contributed by atoms with Gasteiger partial charge in [-0.25, -0.2) is 0 Å². The largest absolute Gasteiger partial charge is 0.458 e. The first kappa shape index (κ1) is 39.8. The number of aliphatic hydroxyl groups is 2. The molecule has 3 aliphatic heterocycles. The first-order valence-electron chi connectivity index (χ1n) is 18.7. The third kappa shape index (κ3) is 8.22. The van der Waals surface area contributed by atoms with E-state index in [0.29, 0.717) is 12.8 Å². The molecule has 1 saturated carbocycles. The second-order valence-electron chi connectivity index (χ2n) is 14.7. The van der Waals surface area contributed by atoms with E-state index in [-0.39, 0.29) is 32.0 Å². The van der Waals surface area contributed by atoms with Crippen LogP contribution in [-0.4, -0.2) is 120 Å². The second-order valence-corrected chi connectivity index (χ2v) is 14.7. The maximum absolute atomic E-state index is 14.7. The van der Waals surface area contributed by atoms with Crippen molar-refractivity contribution < 1.29 is 48.4 Å². The maximum atomic E-state index is 14.7. The highest BCUT2D eigenvalue weighted by molar-refractivity contribution is 5.96. The second kappa shape index (κ2) is 17.2. The Morgan fingerprint density at radius 1 is 1.04 bits per heavy atom. The fourth-order valence-corrected chi connectivity index (χ4v) is 7.90. The van der Waals surface area contributed by atoms with E-state index in [1.54, 1.807) is 20.2 Å². The molecule has 3 heterocycles. The van der Waals surface area contributed by atoms with E-state index in [1.165, 1.54) is 23.0 Å². The Morgan fingerprint density at radius 2 is 1.69 bits per heavy atom. The fourth-order valence-electron chi connectivity index (χ4n) is 7.90. The summed E-state index contributed by atoms with van der Waals surface area (Å²) >= 11 is 0. The van der Waals surface area contributed by atoms with Gasteiger partial charge < -0.3 is 40.0 Å². The molecule has 288 valence electrons. The van der Waals surface area contributed by atoms with E-state index in [0.717, 1.165) is 49.7 Å². The van der Waals surface area contributed by atoms with Crippen LogP contribution in [0.4, 0.5) is 0 Å². The van der Waals surface area contributed by atoms with Crippen LogP contribution in [-0.2, 0) is 44.8 Å². The van der Waals surface area contributed by atoms with Gasteiger partial charge in [-0.2, -0.15) is 5.06 Å². The number of nitrogens with zero attached hydrogens (tertiary/aromatic N) is 2. The zero-order valence-corrected chi connectivity index (χ0v) is 31.0. The normalized spacial score (nSPS) is 28.6. The number of hydrogen-bond donors (Lipinski definition) is 4. The van der Waals surface area contributed by atoms with Gasteiger partial charge in [0, 0.05) is 46.0 Å². The molecule has 2 unspecified atom stereocenters. The molecule has 2 bridgehead atoms. The lowest BCUT2D eigenvalue weighted by molar-refractivity contribution is -0.224. The summed E-state index contributed by atoms with van der Waals surface area (Å²) in [5, 5.41) is 26.6. The van der Waals surface area contributed by atoms with Crippen molar-refractivity contribution in [3.63, 3.8) is 0 Å². The number of rotatable bonds is 18. The van der Waals surface area contributed by atoms with Crippen molar-refractivity contribution in [2.75, 3.05) is 27.2 Å². The molecule has 3 saturated heterocycles. The highest BCUT2D eigenvalue weighted by Crippen LogP contribution is 2.58. The standard InChI is InChI=1S/C38H56N4O10/c1-6-8-10-18-37(19-11-9-7-2)50-30-27-22-38(36(48)40-29(24(3)44)34(46)39-20-21-43)32(35(47)49-27)42(52-33(38)31(30)51-37)23-26-14-12-25(13-15-26)16-17-28(45)41(4)5/h12-17,24,27,29-33,43-44H,6-11,18-23H2,1-5H3,(H,39,46)(H,40,48)/t24-,27?,29+,30-,31-,32-,33+,38?/m0/s1. The van der Waals surface area contributed by atoms with E-state index >= 15 is 0 Å². The predicted octanol–water partition coefficient (Wildman–Crippen LogP) is 2.20. The number of carbonyl (C=O) groups is 4. The van der Waals surface area contributed by atoms with Crippen molar-refractivity contribution in [1.29, 1.82) is 0 Å². The number of benzene rings is 1. The van der Waals surface area contributed by atoms with Gasteiger partial charge in [0.1, 0.15) is 35.9 Å². The van der Waals surface area contributed by atoms with Gasteiger partial charge in [-0.05, 0) is 37.0 Å². The zero-order chi connectivity index (χ0) is 37.6. The Balaban J connectivity index is 1.49. The van der Waals surface area contributed by atoms with Crippen LogP contribution >= 0.6 is 0 Å². The van der Waals surface area contributed by atoms with Crippen LogP contribution in [0.25, 0.3) is 6.08 Å². The van der Waals surface area contributed by atoms with Gasteiger partial charge in [-0.3, -0.25) is 24.0 Å². The summed E-state index contributed by atoms with van der Waals surface area (Å²) in [5.41, 5.74) is 0.0304. The van der Waals surface area contributed by atoms with E-state index in [4.69, 9.17) is 19.0 Å². The SMILES string of the molecule is CCCCCC1(CCCCC)O[C@@H]2[C@H]3ON(Cc4ccc(C=CC(=O)N(C)C)cc4)[C@H]4C(=O)OC(CC34C(=O)N[C@@H](C(=O)NCCO)[C@H](C)O)[C@@H]2O1. The van der Waals surface area contributed by atoms with Gasteiger partial charge >= 0.3 is 5.97 Å². The molecule has 0 spiro atoms. The van der Waals surface area contributed by atoms with Crippen molar-refractivity contribution in [3.8, 4) is 0 Å². The molecule has 14 nitrogen and oxygen atoms in total. The molecular weight excluding hydrogens is 672 g/mol. The topological polar surface area (TPSA) is 176 Å². The van der Waals surface area contributed by atoms with Crippen LogP contribution in [0.5, 0.6) is 0 Å². The smallest absolute Gasteiger partial charge is 0.327 e. The molecule has 14 heteroatoms. The first-order chi connectivity index (χ1) is 24.9. The number of hydroxylamine groups is 2. The number of nitrogens with one attached hydrogen (secondary N) is 2. The van der Waals surface area contributed by atoms with Gasteiger partial charge in [0.25, 0.3) is 0 Å². The Morgan fingerprint density at radius 3 is 2.29 bits per heavy atom. The lowest BCUT2D eigenvalue weighted by atomic mass is 9.62. The number of unbranched alkanes of at least 4 members (excludes halogenated alkanes) is 4. The minimum atomic E-state index is -1.55. The molecule has 1 aromatic carbocycles. The van der Waals surface area contributed by atoms with Gasteiger partial charge in [0.15, 0.2) is 11.8 Å². The molecule has 1 aromatic rings. The number of hydrogen-bond acceptors (Lipinski definition) is 11. The average Bonchev–Trinajstić information content (AvgIpc) is 3.67. The maximum Gasteiger partial charge on any atom is 0.327 e. The fraction of sp³-hybridized carbons (Fsp3) is 0.684. The highest BCUT2D eigenvalue weighted by Gasteiger charge is 2.76. The van der Waals surface area contributed by atoms with Gasteiger partial charge in [-0.1, -0.05) is 63.8 Å². The van der Waals surface area contributed by atoms with E-state index < -0.39 is 71.6 Å². The molecule has 4 fully saturated rings. The zero-order valence-electron chi connectivity index (χ0n) is 31.0. The Labute approximate surface area is 306 Å². The molecule has 3 amide bonds. The van der Waals surface area contributed by atoms with Crippen LogP contribution in [0.2, 0.25) is 0 Å². The summed E-state index contributed by atoms with van der Waals surface area (Å²) in [7, 11) is 3.35. The number of ether oxygens (including phenoxy) is 3. The highest BCUT2D eigenvalue weighted by atomic mass is 16.8. The molecule has 4 aliphatic rings. The summed E-state index contributed by atoms with van der Waals surface area (Å²) < 4.78 is 19.8. The third-order valence-electron chi connectivity index (χ3n) is 10.6. The lowest BCUT2D eigenvalue weighted by Gasteiger charge is -2.49. The molecular formula is C38H56N4O10. The number of likely N-dealkylation sites (N-methyl/N-ethyl adjacent to an activating group) is 1. The Kier molecular flexibility index (Phi) is 13.1. The monoisotopic (exact) mass is 728 g/mol. The van der Waals surface area contributed by atoms with Crippen LogP contribution in [0.1, 0.15) is 89.7 Å². The summed E-state index contributed by atoms with van der Waals surface area (Å²) in [6.45, 7) is 5.38. The van der Waals surface area contributed by atoms with E-state index in [2.05, 4.69) is 24.5 Å². The number of amides is 3. The van der Waals surface area contributed by atoms with Crippen LogP contribution in [0.15, 0.2) is 30.3 Å². The van der Waals surface area contributed by atoms with Crippen LogP contribution in [0, 0.1) is 5.41 Å². The summed E-state index contributed by atoms with van der Waals surface area (Å²) in [6, 6.07) is 4.85. The Hall–Kier alpha value is -3.40. The summed E-state index contributed by atoms with van der Waals surface area (Å²) in [4.78, 5) is 62.0.